The number of hydrogen-bond donors (Lipinski definition) is 1. The molecular weight excluding hydrogens is 376 g/mol. The molecule has 2 aromatic rings. The van der Waals surface area contributed by atoms with Gasteiger partial charge in [0.15, 0.2) is 0 Å². The predicted molar refractivity (Wildman–Crippen MR) is 110 cm³/mol. The minimum Gasteiger partial charge on any atom is -0.331 e. The maximum atomic E-state index is 12.8. The highest BCUT2D eigenvalue weighted by Crippen LogP contribution is 2.23. The van der Waals surface area contributed by atoms with Gasteiger partial charge in [-0.25, -0.2) is 13.4 Å². The summed E-state index contributed by atoms with van der Waals surface area (Å²) in [6.07, 6.45) is 6.47. The molecule has 1 aliphatic heterocycles. The summed E-state index contributed by atoms with van der Waals surface area (Å²) >= 11 is 0. The van der Waals surface area contributed by atoms with Crippen molar-refractivity contribution < 1.29 is 13.2 Å². The molecule has 1 N–H and O–H groups in total. The van der Waals surface area contributed by atoms with Crippen molar-refractivity contribution in [3.63, 3.8) is 0 Å². The molecule has 1 aromatic carbocycles. The van der Waals surface area contributed by atoms with Crippen molar-refractivity contribution in [2.24, 2.45) is 0 Å². The lowest BCUT2D eigenvalue weighted by atomic mass is 10.0. The van der Waals surface area contributed by atoms with Crippen molar-refractivity contribution in [2.45, 2.75) is 52.1 Å². The maximum absolute atomic E-state index is 12.8. The Kier molecular flexibility index (Phi) is 6.51. The van der Waals surface area contributed by atoms with Crippen molar-refractivity contribution in [1.29, 1.82) is 0 Å². The molecule has 1 atom stereocenters. The predicted octanol–water partition coefficient (Wildman–Crippen LogP) is 2.77. The van der Waals surface area contributed by atoms with Crippen LogP contribution in [0, 0.1) is 6.92 Å². The largest absolute Gasteiger partial charge is 0.331 e. The van der Waals surface area contributed by atoms with Crippen LogP contribution >= 0.6 is 0 Å². The Bertz CT molecular complexity index is 906. The Labute approximate surface area is 166 Å². The van der Waals surface area contributed by atoms with Crippen LogP contribution in [0.15, 0.2) is 36.7 Å². The maximum Gasteiger partial charge on any atom is 0.242 e. The van der Waals surface area contributed by atoms with Gasteiger partial charge < -0.3 is 9.88 Å². The van der Waals surface area contributed by atoms with Crippen LogP contribution < -0.4 is 5.32 Å². The van der Waals surface area contributed by atoms with E-state index in [1.807, 2.05) is 48.9 Å². The fraction of sp³-hybridized carbons (Fsp3) is 0.500. The van der Waals surface area contributed by atoms with Crippen molar-refractivity contribution >= 4 is 21.6 Å². The number of amides is 1. The highest BCUT2D eigenvalue weighted by molar-refractivity contribution is 7.89. The number of anilines is 1. The molecule has 1 aliphatic rings. The molecule has 0 radical (unpaired) electrons. The van der Waals surface area contributed by atoms with Gasteiger partial charge in [-0.15, -0.1) is 0 Å². The highest BCUT2D eigenvalue weighted by Gasteiger charge is 2.36. The van der Waals surface area contributed by atoms with Crippen LogP contribution in [0.5, 0.6) is 0 Å². The van der Waals surface area contributed by atoms with E-state index in [0.29, 0.717) is 31.6 Å². The molecule has 2 heterocycles. The molecule has 0 spiro atoms. The summed E-state index contributed by atoms with van der Waals surface area (Å²) in [6.45, 7) is 4.93. The van der Waals surface area contributed by atoms with Gasteiger partial charge in [0.05, 0.1) is 5.75 Å². The first-order chi connectivity index (χ1) is 13.4. The van der Waals surface area contributed by atoms with Gasteiger partial charge in [0.25, 0.3) is 0 Å². The molecule has 7 nitrogen and oxygen atoms in total. The van der Waals surface area contributed by atoms with Crippen molar-refractivity contribution in [1.82, 2.24) is 13.9 Å². The summed E-state index contributed by atoms with van der Waals surface area (Å²) < 4.78 is 28.5. The second-order valence-corrected chi connectivity index (χ2v) is 9.27. The van der Waals surface area contributed by atoms with Gasteiger partial charge in [-0.05, 0) is 43.9 Å². The van der Waals surface area contributed by atoms with E-state index in [-0.39, 0.29) is 11.7 Å². The minimum absolute atomic E-state index is 0.0825. The lowest BCUT2D eigenvalue weighted by molar-refractivity contribution is -0.120. The van der Waals surface area contributed by atoms with Gasteiger partial charge in [-0.3, -0.25) is 4.79 Å². The second kappa shape index (κ2) is 8.87. The van der Waals surface area contributed by atoms with Gasteiger partial charge in [-0.1, -0.05) is 25.5 Å². The van der Waals surface area contributed by atoms with Crippen LogP contribution in [0.25, 0.3) is 0 Å². The molecule has 3 rings (SSSR count). The van der Waals surface area contributed by atoms with Crippen LogP contribution in [-0.2, 0) is 21.4 Å². The summed E-state index contributed by atoms with van der Waals surface area (Å²) in [5, 5.41) is 2.89. The quantitative estimate of drug-likeness (QED) is 0.769. The molecule has 1 amide bonds. The molecule has 8 heteroatoms. The number of rotatable bonds is 7. The number of aromatic nitrogens is 2. The molecule has 0 bridgehead atoms. The third kappa shape index (κ3) is 4.80. The van der Waals surface area contributed by atoms with Crippen LogP contribution in [-0.4, -0.2) is 46.5 Å². The first-order valence-electron chi connectivity index (χ1n) is 9.78. The average molecular weight is 405 g/mol. The zero-order valence-corrected chi connectivity index (χ0v) is 17.3. The summed E-state index contributed by atoms with van der Waals surface area (Å²) in [5.41, 5.74) is 1.78. The zero-order chi connectivity index (χ0) is 20.1. The molecule has 1 fully saturated rings. The van der Waals surface area contributed by atoms with E-state index in [9.17, 15) is 13.2 Å². The molecular formula is C20H28N4O3S. The zero-order valence-electron chi connectivity index (χ0n) is 16.5. The monoisotopic (exact) mass is 404 g/mol. The Morgan fingerprint density at radius 1 is 1.25 bits per heavy atom. The molecule has 1 unspecified atom stereocenters. The van der Waals surface area contributed by atoms with E-state index < -0.39 is 16.1 Å². The normalized spacial score (nSPS) is 18.1. The van der Waals surface area contributed by atoms with Gasteiger partial charge in [0.2, 0.25) is 15.9 Å². The van der Waals surface area contributed by atoms with Crippen molar-refractivity contribution in [3.05, 3.63) is 48.0 Å². The smallest absolute Gasteiger partial charge is 0.242 e. The van der Waals surface area contributed by atoms with Crippen LogP contribution in [0.1, 0.15) is 44.0 Å². The second-order valence-electron chi connectivity index (χ2n) is 7.23. The minimum atomic E-state index is -3.40. The molecule has 152 valence electrons. The molecule has 0 saturated carbocycles. The standard InChI is InChI=1S/C20H28N4O3S/c1-3-14-28(26,27)24-12-5-4-6-19(24)20(25)22-18-9-7-17(8-10-18)15-23-13-11-21-16(23)2/h7-11,13,19H,3-6,12,14-15H2,1-2H3,(H,22,25). The topological polar surface area (TPSA) is 84.3 Å². The summed E-state index contributed by atoms with van der Waals surface area (Å²) in [7, 11) is -3.40. The first-order valence-corrected chi connectivity index (χ1v) is 11.4. The van der Waals surface area contributed by atoms with Gasteiger partial charge >= 0.3 is 0 Å². The number of nitrogens with zero attached hydrogens (tertiary/aromatic N) is 3. The fourth-order valence-corrected chi connectivity index (χ4v) is 5.31. The van der Waals surface area contributed by atoms with Crippen LogP contribution in [0.3, 0.4) is 0 Å². The van der Waals surface area contributed by atoms with Gasteiger partial charge in [-0.2, -0.15) is 4.31 Å². The number of benzene rings is 1. The van der Waals surface area contributed by atoms with E-state index >= 15 is 0 Å². The Balaban J connectivity index is 1.66. The summed E-state index contributed by atoms with van der Waals surface area (Å²) in [4.78, 5) is 17.0. The molecule has 1 saturated heterocycles. The van der Waals surface area contributed by atoms with E-state index in [0.717, 1.165) is 24.2 Å². The van der Waals surface area contributed by atoms with Crippen molar-refractivity contribution in [2.75, 3.05) is 17.6 Å². The fourth-order valence-electron chi connectivity index (χ4n) is 3.56. The number of hydrogen-bond acceptors (Lipinski definition) is 4. The summed E-state index contributed by atoms with van der Waals surface area (Å²) in [5.74, 6) is 0.778. The molecule has 28 heavy (non-hydrogen) atoms. The Morgan fingerprint density at radius 3 is 2.64 bits per heavy atom. The number of aryl methyl sites for hydroxylation is 1. The molecule has 0 aliphatic carbocycles. The molecule has 1 aromatic heterocycles. The van der Waals surface area contributed by atoms with E-state index in [1.165, 1.54) is 4.31 Å². The van der Waals surface area contributed by atoms with Crippen LogP contribution in [0.2, 0.25) is 0 Å². The van der Waals surface area contributed by atoms with E-state index in [1.54, 1.807) is 6.20 Å². The average Bonchev–Trinajstić information content (AvgIpc) is 3.08. The number of imidazole rings is 1. The first kappa shape index (κ1) is 20.5. The lowest BCUT2D eigenvalue weighted by Gasteiger charge is -2.33. The Hall–Kier alpha value is -2.19. The third-order valence-electron chi connectivity index (χ3n) is 5.07. The summed E-state index contributed by atoms with van der Waals surface area (Å²) in [6, 6.07) is 7.00. The Morgan fingerprint density at radius 2 is 2.00 bits per heavy atom. The van der Waals surface area contributed by atoms with Crippen molar-refractivity contribution in [3.8, 4) is 0 Å². The van der Waals surface area contributed by atoms with Crippen LogP contribution in [0.4, 0.5) is 5.69 Å². The number of carbonyl (C=O) groups excluding carboxylic acids is 1. The van der Waals surface area contributed by atoms with E-state index in [4.69, 9.17) is 0 Å². The van der Waals surface area contributed by atoms with E-state index in [2.05, 4.69) is 10.3 Å². The SMILES string of the molecule is CCCS(=O)(=O)N1CCCCC1C(=O)Nc1ccc(Cn2ccnc2C)cc1. The third-order valence-corrected chi connectivity index (χ3v) is 7.15. The highest BCUT2D eigenvalue weighted by atomic mass is 32.2. The number of piperidine rings is 1. The number of carbonyl (C=O) groups is 1. The van der Waals surface area contributed by atoms with Gasteiger partial charge in [0, 0.05) is 31.2 Å². The lowest BCUT2D eigenvalue weighted by Crippen LogP contribution is -2.50. The number of sulfonamides is 1. The van der Waals surface area contributed by atoms with Gasteiger partial charge in [0.1, 0.15) is 11.9 Å². The number of nitrogens with one attached hydrogen (secondary N) is 1.